The van der Waals surface area contributed by atoms with E-state index in [0.717, 1.165) is 25.7 Å². The zero-order valence-corrected chi connectivity index (χ0v) is 12.1. The van der Waals surface area contributed by atoms with Crippen molar-refractivity contribution in [3.8, 4) is 0 Å². The highest BCUT2D eigenvalue weighted by atomic mass is 16.6. The van der Waals surface area contributed by atoms with Gasteiger partial charge in [-0.05, 0) is 26.2 Å². The van der Waals surface area contributed by atoms with Gasteiger partial charge in [-0.1, -0.05) is 13.3 Å². The van der Waals surface area contributed by atoms with E-state index >= 15 is 0 Å². The SMILES string of the molecule is CCCC[C@]1(C)CC/C(=C2\C(=O)O/C(=C\C(=O)O)C2=O)O1. The Hall–Kier alpha value is -2.11. The smallest absolute Gasteiger partial charge is 0.351 e. The molecule has 114 valence electrons. The monoisotopic (exact) mass is 294 g/mol. The maximum atomic E-state index is 12.0. The van der Waals surface area contributed by atoms with Gasteiger partial charge in [0.2, 0.25) is 5.78 Å². The molecule has 0 aromatic carbocycles. The number of carbonyl (C=O) groups excluding carboxylic acids is 2. The summed E-state index contributed by atoms with van der Waals surface area (Å²) in [7, 11) is 0. The minimum atomic E-state index is -1.34. The molecule has 1 atom stereocenters. The fourth-order valence-corrected chi connectivity index (χ4v) is 2.54. The number of hydrogen-bond donors (Lipinski definition) is 1. The van der Waals surface area contributed by atoms with Crippen molar-refractivity contribution in [1.29, 1.82) is 0 Å². The second kappa shape index (κ2) is 5.71. The predicted molar refractivity (Wildman–Crippen MR) is 72.1 cm³/mol. The van der Waals surface area contributed by atoms with Crippen molar-refractivity contribution in [3.05, 3.63) is 23.2 Å². The van der Waals surface area contributed by atoms with Crippen LogP contribution in [0.1, 0.15) is 46.0 Å². The summed E-state index contributed by atoms with van der Waals surface area (Å²) in [6, 6.07) is 0. The van der Waals surface area contributed by atoms with Crippen LogP contribution in [0.3, 0.4) is 0 Å². The van der Waals surface area contributed by atoms with E-state index in [0.29, 0.717) is 18.3 Å². The van der Waals surface area contributed by atoms with Gasteiger partial charge in [0.15, 0.2) is 5.76 Å². The first kappa shape index (κ1) is 15.3. The van der Waals surface area contributed by atoms with E-state index in [1.807, 2.05) is 6.92 Å². The molecule has 0 radical (unpaired) electrons. The van der Waals surface area contributed by atoms with Gasteiger partial charge >= 0.3 is 11.9 Å². The highest BCUT2D eigenvalue weighted by molar-refractivity contribution is 6.29. The first-order valence-electron chi connectivity index (χ1n) is 7.00. The molecular formula is C15H18O6. The summed E-state index contributed by atoms with van der Waals surface area (Å²) >= 11 is 0. The number of carboxylic acids is 1. The van der Waals surface area contributed by atoms with Crippen LogP contribution in [-0.4, -0.2) is 28.4 Å². The van der Waals surface area contributed by atoms with E-state index < -0.39 is 23.5 Å². The van der Waals surface area contributed by atoms with E-state index in [1.165, 1.54) is 0 Å². The zero-order valence-electron chi connectivity index (χ0n) is 12.1. The van der Waals surface area contributed by atoms with Gasteiger partial charge in [0.1, 0.15) is 16.9 Å². The van der Waals surface area contributed by atoms with Crippen molar-refractivity contribution in [2.24, 2.45) is 0 Å². The predicted octanol–water partition coefficient (Wildman–Crippen LogP) is 2.09. The van der Waals surface area contributed by atoms with Crippen LogP contribution in [0.25, 0.3) is 0 Å². The number of carbonyl (C=O) groups is 3. The second-order valence-corrected chi connectivity index (χ2v) is 5.52. The van der Waals surface area contributed by atoms with Gasteiger partial charge < -0.3 is 14.6 Å². The molecular weight excluding hydrogens is 276 g/mol. The standard InChI is InChI=1S/C15H18O6/c1-3-4-6-15(2)7-5-9(21-15)12-13(18)10(8-11(16)17)20-14(12)19/h8H,3-7H2,1-2H3,(H,16,17)/b10-8-,12-9+/t15-/m1/s1. The lowest BCUT2D eigenvalue weighted by molar-refractivity contribution is -0.133. The van der Waals surface area contributed by atoms with Gasteiger partial charge in [-0.15, -0.1) is 0 Å². The van der Waals surface area contributed by atoms with Crippen molar-refractivity contribution in [2.45, 2.75) is 51.6 Å². The van der Waals surface area contributed by atoms with Crippen LogP contribution in [0.4, 0.5) is 0 Å². The molecule has 0 unspecified atom stereocenters. The largest absolute Gasteiger partial charge is 0.491 e. The summed E-state index contributed by atoms with van der Waals surface area (Å²) in [5, 5.41) is 8.64. The third kappa shape index (κ3) is 3.15. The third-order valence-electron chi connectivity index (χ3n) is 3.70. The molecule has 1 N–H and O–H groups in total. The van der Waals surface area contributed by atoms with Crippen LogP contribution in [0.5, 0.6) is 0 Å². The quantitative estimate of drug-likeness (QED) is 0.485. The summed E-state index contributed by atoms with van der Waals surface area (Å²) in [6.07, 6.45) is 4.69. The zero-order chi connectivity index (χ0) is 15.6. The molecule has 0 aromatic heterocycles. The molecule has 2 fully saturated rings. The number of cyclic esters (lactones) is 1. The Labute approximate surface area is 122 Å². The molecule has 6 nitrogen and oxygen atoms in total. The van der Waals surface area contributed by atoms with Crippen LogP contribution in [0.2, 0.25) is 0 Å². The van der Waals surface area contributed by atoms with E-state index in [-0.39, 0.29) is 11.2 Å². The Bertz CT molecular complexity index is 557. The summed E-state index contributed by atoms with van der Waals surface area (Å²) in [5.74, 6) is -3.02. The summed E-state index contributed by atoms with van der Waals surface area (Å²) in [6.45, 7) is 4.04. The molecule has 0 aliphatic carbocycles. The number of unbranched alkanes of at least 4 members (excludes halogenated alkanes) is 1. The van der Waals surface area contributed by atoms with Crippen molar-refractivity contribution in [1.82, 2.24) is 0 Å². The van der Waals surface area contributed by atoms with Gasteiger partial charge in [0.05, 0.1) is 6.08 Å². The number of esters is 1. The van der Waals surface area contributed by atoms with Crippen molar-refractivity contribution in [3.63, 3.8) is 0 Å². The van der Waals surface area contributed by atoms with E-state index in [9.17, 15) is 14.4 Å². The molecule has 0 bridgehead atoms. The second-order valence-electron chi connectivity index (χ2n) is 5.52. The molecule has 2 saturated heterocycles. The number of Topliss-reactive ketones (excluding diaryl/α,β-unsaturated/α-hetero) is 1. The minimum Gasteiger partial charge on any atom is -0.491 e. The van der Waals surface area contributed by atoms with E-state index in [4.69, 9.17) is 14.6 Å². The van der Waals surface area contributed by atoms with Gasteiger partial charge in [-0.25, -0.2) is 9.59 Å². The van der Waals surface area contributed by atoms with Crippen LogP contribution < -0.4 is 0 Å². The van der Waals surface area contributed by atoms with Gasteiger partial charge in [-0.3, -0.25) is 4.79 Å². The Balaban J connectivity index is 2.23. The maximum absolute atomic E-state index is 12.0. The molecule has 2 rings (SSSR count). The Morgan fingerprint density at radius 1 is 1.43 bits per heavy atom. The normalized spacial score (nSPS) is 30.7. The van der Waals surface area contributed by atoms with Crippen LogP contribution in [0.15, 0.2) is 23.2 Å². The lowest BCUT2D eigenvalue weighted by atomic mass is 9.95. The number of carboxylic acid groups (broad SMARTS) is 1. The molecule has 0 saturated carbocycles. The molecule has 0 aromatic rings. The molecule has 6 heteroatoms. The maximum Gasteiger partial charge on any atom is 0.351 e. The number of ether oxygens (including phenoxy) is 2. The summed E-state index contributed by atoms with van der Waals surface area (Å²) < 4.78 is 10.5. The Kier molecular flexibility index (Phi) is 4.16. The van der Waals surface area contributed by atoms with Crippen LogP contribution in [0, 0.1) is 0 Å². The highest BCUT2D eigenvalue weighted by Gasteiger charge is 2.43. The van der Waals surface area contributed by atoms with Gasteiger partial charge in [0, 0.05) is 6.42 Å². The minimum absolute atomic E-state index is 0.164. The fourth-order valence-electron chi connectivity index (χ4n) is 2.54. The third-order valence-corrected chi connectivity index (χ3v) is 3.70. The van der Waals surface area contributed by atoms with Crippen molar-refractivity contribution in [2.75, 3.05) is 0 Å². The highest BCUT2D eigenvalue weighted by Crippen LogP contribution is 2.39. The average molecular weight is 294 g/mol. The topological polar surface area (TPSA) is 89.9 Å². The van der Waals surface area contributed by atoms with E-state index in [1.54, 1.807) is 0 Å². The van der Waals surface area contributed by atoms with Crippen LogP contribution in [-0.2, 0) is 23.9 Å². The average Bonchev–Trinajstić information content (AvgIpc) is 2.89. The molecule has 0 spiro atoms. The number of ketones is 1. The molecule has 21 heavy (non-hydrogen) atoms. The van der Waals surface area contributed by atoms with E-state index in [2.05, 4.69) is 6.92 Å². The summed E-state index contributed by atoms with van der Waals surface area (Å²) in [4.78, 5) is 34.4. The van der Waals surface area contributed by atoms with Gasteiger partial charge in [0.25, 0.3) is 0 Å². The molecule has 2 aliphatic heterocycles. The Morgan fingerprint density at radius 3 is 2.76 bits per heavy atom. The number of allylic oxidation sites excluding steroid dienone is 2. The first-order valence-corrected chi connectivity index (χ1v) is 7.00. The van der Waals surface area contributed by atoms with Crippen LogP contribution >= 0.6 is 0 Å². The number of rotatable bonds is 4. The van der Waals surface area contributed by atoms with Gasteiger partial charge in [-0.2, -0.15) is 0 Å². The van der Waals surface area contributed by atoms with Crippen molar-refractivity contribution >= 4 is 17.7 Å². The lowest BCUT2D eigenvalue weighted by Gasteiger charge is -2.23. The lowest BCUT2D eigenvalue weighted by Crippen LogP contribution is -2.22. The number of hydrogen-bond acceptors (Lipinski definition) is 5. The first-order chi connectivity index (χ1) is 9.86. The van der Waals surface area contributed by atoms with Crippen molar-refractivity contribution < 1.29 is 29.0 Å². The molecule has 2 aliphatic rings. The Morgan fingerprint density at radius 2 is 2.14 bits per heavy atom. The summed E-state index contributed by atoms with van der Waals surface area (Å²) in [5.41, 5.74) is -0.541. The molecule has 0 amide bonds. The number of aliphatic carboxylic acids is 1. The molecule has 2 heterocycles. The fraction of sp³-hybridized carbons (Fsp3) is 0.533.